The molecular formula is C12H17N5O2. The summed E-state index contributed by atoms with van der Waals surface area (Å²) in [7, 11) is 0. The standard InChI is InChI=1S/C12H17N5O2/c1-3-19-12(18)10-11(13)17(9(2)15-10)8-7-16-6-4-5-14-16/h4-6H,3,7-8,13H2,1-2H3. The van der Waals surface area contributed by atoms with E-state index in [4.69, 9.17) is 10.5 Å². The van der Waals surface area contributed by atoms with Gasteiger partial charge in [-0.15, -0.1) is 0 Å². The lowest BCUT2D eigenvalue weighted by molar-refractivity contribution is 0.0521. The van der Waals surface area contributed by atoms with Gasteiger partial charge in [-0.05, 0) is 19.9 Å². The van der Waals surface area contributed by atoms with Crippen LogP contribution in [-0.4, -0.2) is 31.9 Å². The second kappa shape index (κ2) is 5.55. The third kappa shape index (κ3) is 2.75. The Kier molecular flexibility index (Phi) is 3.84. The van der Waals surface area contributed by atoms with Gasteiger partial charge in [-0.25, -0.2) is 9.78 Å². The van der Waals surface area contributed by atoms with Gasteiger partial charge in [-0.1, -0.05) is 0 Å². The molecule has 0 fully saturated rings. The van der Waals surface area contributed by atoms with Crippen molar-refractivity contribution in [1.82, 2.24) is 19.3 Å². The molecule has 0 aliphatic carbocycles. The lowest BCUT2D eigenvalue weighted by Crippen LogP contribution is -2.13. The van der Waals surface area contributed by atoms with E-state index in [-0.39, 0.29) is 5.69 Å². The minimum atomic E-state index is -0.485. The molecule has 102 valence electrons. The number of imidazole rings is 1. The van der Waals surface area contributed by atoms with E-state index in [0.717, 1.165) is 0 Å². The minimum Gasteiger partial charge on any atom is -0.461 e. The number of anilines is 1. The molecule has 2 aromatic heterocycles. The van der Waals surface area contributed by atoms with Crippen molar-refractivity contribution >= 4 is 11.8 Å². The lowest BCUT2D eigenvalue weighted by atomic mass is 10.4. The fraction of sp³-hybridized carbons (Fsp3) is 0.417. The van der Waals surface area contributed by atoms with Gasteiger partial charge in [0.05, 0.1) is 13.2 Å². The zero-order chi connectivity index (χ0) is 13.8. The van der Waals surface area contributed by atoms with Gasteiger partial charge in [-0.2, -0.15) is 5.10 Å². The highest BCUT2D eigenvalue weighted by molar-refractivity contribution is 5.92. The maximum Gasteiger partial charge on any atom is 0.360 e. The van der Waals surface area contributed by atoms with E-state index in [1.807, 2.05) is 19.2 Å². The molecule has 0 spiro atoms. The summed E-state index contributed by atoms with van der Waals surface area (Å²) in [6.07, 6.45) is 3.59. The molecule has 0 aliphatic rings. The van der Waals surface area contributed by atoms with Gasteiger partial charge < -0.3 is 15.0 Å². The number of nitrogen functional groups attached to an aromatic ring is 1. The maximum atomic E-state index is 11.7. The van der Waals surface area contributed by atoms with E-state index >= 15 is 0 Å². The predicted octanol–water partition coefficient (Wildman–Crippen LogP) is 0.847. The van der Waals surface area contributed by atoms with Crippen LogP contribution < -0.4 is 5.73 Å². The number of carbonyl (C=O) groups is 1. The van der Waals surface area contributed by atoms with Crippen LogP contribution in [-0.2, 0) is 17.8 Å². The van der Waals surface area contributed by atoms with Crippen LogP contribution >= 0.6 is 0 Å². The van der Waals surface area contributed by atoms with Crippen molar-refractivity contribution in [3.05, 3.63) is 30.0 Å². The van der Waals surface area contributed by atoms with Crippen molar-refractivity contribution in [2.75, 3.05) is 12.3 Å². The average molecular weight is 263 g/mol. The fourth-order valence-electron chi connectivity index (χ4n) is 1.85. The molecule has 0 bridgehead atoms. The van der Waals surface area contributed by atoms with Crippen molar-refractivity contribution in [2.24, 2.45) is 0 Å². The van der Waals surface area contributed by atoms with E-state index in [9.17, 15) is 4.79 Å². The second-order valence-corrected chi connectivity index (χ2v) is 4.03. The molecule has 7 nitrogen and oxygen atoms in total. The topological polar surface area (TPSA) is 88.0 Å². The van der Waals surface area contributed by atoms with Crippen LogP contribution in [0.25, 0.3) is 0 Å². The molecule has 0 saturated carbocycles. The van der Waals surface area contributed by atoms with E-state index < -0.39 is 5.97 Å². The van der Waals surface area contributed by atoms with Gasteiger partial charge >= 0.3 is 5.97 Å². The maximum absolute atomic E-state index is 11.7. The van der Waals surface area contributed by atoms with Gasteiger partial charge in [0.25, 0.3) is 0 Å². The first-order chi connectivity index (χ1) is 9.13. The lowest BCUT2D eigenvalue weighted by Gasteiger charge is -2.07. The van der Waals surface area contributed by atoms with Crippen molar-refractivity contribution < 1.29 is 9.53 Å². The van der Waals surface area contributed by atoms with E-state index in [1.165, 1.54) is 0 Å². The number of hydrogen-bond donors (Lipinski definition) is 1. The highest BCUT2D eigenvalue weighted by atomic mass is 16.5. The third-order valence-corrected chi connectivity index (χ3v) is 2.78. The third-order valence-electron chi connectivity index (χ3n) is 2.78. The summed E-state index contributed by atoms with van der Waals surface area (Å²) in [4.78, 5) is 15.8. The molecule has 2 rings (SSSR count). The Morgan fingerprint density at radius 2 is 2.26 bits per heavy atom. The second-order valence-electron chi connectivity index (χ2n) is 4.03. The smallest absolute Gasteiger partial charge is 0.360 e. The normalized spacial score (nSPS) is 10.6. The first-order valence-corrected chi connectivity index (χ1v) is 6.10. The van der Waals surface area contributed by atoms with Crippen molar-refractivity contribution in [2.45, 2.75) is 26.9 Å². The number of aromatic nitrogens is 4. The van der Waals surface area contributed by atoms with Crippen LogP contribution in [0.1, 0.15) is 23.2 Å². The molecule has 2 aromatic rings. The van der Waals surface area contributed by atoms with Crippen molar-refractivity contribution in [3.8, 4) is 0 Å². The number of esters is 1. The Hall–Kier alpha value is -2.31. The van der Waals surface area contributed by atoms with Crippen LogP contribution in [0.2, 0.25) is 0 Å². The summed E-state index contributed by atoms with van der Waals surface area (Å²) < 4.78 is 8.50. The Balaban J connectivity index is 2.14. The molecule has 0 aromatic carbocycles. The van der Waals surface area contributed by atoms with E-state index in [1.54, 1.807) is 22.4 Å². The number of hydrogen-bond acceptors (Lipinski definition) is 5. The zero-order valence-electron chi connectivity index (χ0n) is 11.0. The molecule has 0 radical (unpaired) electrons. The molecular weight excluding hydrogens is 246 g/mol. The largest absolute Gasteiger partial charge is 0.461 e. The minimum absolute atomic E-state index is 0.180. The summed E-state index contributed by atoms with van der Waals surface area (Å²) in [6, 6.07) is 1.86. The monoisotopic (exact) mass is 263 g/mol. The molecule has 0 unspecified atom stereocenters. The number of aryl methyl sites for hydroxylation is 2. The van der Waals surface area contributed by atoms with Crippen molar-refractivity contribution in [3.63, 3.8) is 0 Å². The van der Waals surface area contributed by atoms with Crippen LogP contribution in [0, 0.1) is 6.92 Å². The SMILES string of the molecule is CCOC(=O)c1nc(C)n(CCn2cccn2)c1N. The Morgan fingerprint density at radius 3 is 2.89 bits per heavy atom. The average Bonchev–Trinajstić information content (AvgIpc) is 2.97. The summed E-state index contributed by atoms with van der Waals surface area (Å²) in [5, 5.41) is 4.11. The molecule has 0 aliphatic heterocycles. The summed E-state index contributed by atoms with van der Waals surface area (Å²) >= 11 is 0. The highest BCUT2D eigenvalue weighted by Crippen LogP contribution is 2.15. The number of carbonyl (C=O) groups excluding carboxylic acids is 1. The summed E-state index contributed by atoms with van der Waals surface area (Å²) in [5.41, 5.74) is 6.13. The predicted molar refractivity (Wildman–Crippen MR) is 69.6 cm³/mol. The molecule has 0 saturated heterocycles. The zero-order valence-corrected chi connectivity index (χ0v) is 11.0. The van der Waals surface area contributed by atoms with Gasteiger partial charge in [-0.3, -0.25) is 4.68 Å². The van der Waals surface area contributed by atoms with Gasteiger partial charge in [0.1, 0.15) is 11.6 Å². The first-order valence-electron chi connectivity index (χ1n) is 6.10. The molecule has 2 N–H and O–H groups in total. The molecule has 7 heteroatoms. The Morgan fingerprint density at radius 1 is 1.47 bits per heavy atom. The van der Waals surface area contributed by atoms with Crippen LogP contribution in [0.3, 0.4) is 0 Å². The van der Waals surface area contributed by atoms with E-state index in [0.29, 0.717) is 31.3 Å². The van der Waals surface area contributed by atoms with Crippen LogP contribution in [0.15, 0.2) is 18.5 Å². The molecule has 0 atom stereocenters. The number of ether oxygens (including phenoxy) is 1. The van der Waals surface area contributed by atoms with E-state index in [2.05, 4.69) is 10.1 Å². The van der Waals surface area contributed by atoms with Gasteiger partial charge in [0.2, 0.25) is 0 Å². The van der Waals surface area contributed by atoms with Gasteiger partial charge in [0.15, 0.2) is 5.69 Å². The Bertz CT molecular complexity index is 559. The fourth-order valence-corrected chi connectivity index (χ4v) is 1.85. The summed E-state index contributed by atoms with van der Waals surface area (Å²) in [5.74, 6) is 0.539. The number of rotatable bonds is 5. The Labute approximate surface area is 111 Å². The van der Waals surface area contributed by atoms with Gasteiger partial charge in [0, 0.05) is 18.9 Å². The van der Waals surface area contributed by atoms with Crippen LogP contribution in [0.5, 0.6) is 0 Å². The quantitative estimate of drug-likeness (QED) is 0.808. The number of nitrogens with two attached hydrogens (primary N) is 1. The summed E-state index contributed by atoms with van der Waals surface area (Å²) in [6.45, 7) is 5.12. The highest BCUT2D eigenvalue weighted by Gasteiger charge is 2.19. The first kappa shape index (κ1) is 13.1. The van der Waals surface area contributed by atoms with Crippen LogP contribution in [0.4, 0.5) is 5.82 Å². The molecule has 2 heterocycles. The molecule has 19 heavy (non-hydrogen) atoms. The molecule has 0 amide bonds. The number of nitrogens with zero attached hydrogens (tertiary/aromatic N) is 4. The van der Waals surface area contributed by atoms with Crippen molar-refractivity contribution in [1.29, 1.82) is 0 Å².